The molecule has 0 N–H and O–H groups in total. The molecule has 254 valence electrons. The summed E-state index contributed by atoms with van der Waals surface area (Å²) in [5, 5.41) is 2.23. The number of furan rings is 1. The van der Waals surface area contributed by atoms with Crippen LogP contribution in [0.25, 0.3) is 61.4 Å². The zero-order valence-electron chi connectivity index (χ0n) is 30.0. The van der Waals surface area contributed by atoms with Crippen molar-refractivity contribution < 1.29 is 4.42 Å². The van der Waals surface area contributed by atoms with Crippen LogP contribution in [0.2, 0.25) is 0 Å². The fourth-order valence-corrected chi connectivity index (χ4v) is 8.07. The predicted octanol–water partition coefficient (Wildman–Crippen LogP) is 14.1. The number of anilines is 2. The monoisotopic (exact) mass is 681 g/mol. The second kappa shape index (κ2) is 13.2. The molecule has 1 aliphatic carbocycles. The molecule has 2 heteroatoms. The maximum Gasteiger partial charge on any atom is 0.142 e. The van der Waals surface area contributed by atoms with Crippen molar-refractivity contribution in [3.63, 3.8) is 0 Å². The van der Waals surface area contributed by atoms with Crippen molar-refractivity contribution >= 4 is 39.4 Å². The van der Waals surface area contributed by atoms with Crippen LogP contribution in [0, 0.1) is 0 Å². The maximum atomic E-state index is 6.38. The van der Waals surface area contributed by atoms with Gasteiger partial charge in [0.15, 0.2) is 0 Å². The molecule has 0 saturated carbocycles. The Morgan fingerprint density at radius 2 is 1.17 bits per heavy atom. The minimum atomic E-state index is -0.0476. The number of rotatable bonds is 8. The fraction of sp³-hybridized carbons (Fsp3) is 0.0588. The SMILES string of the molecule is C=C/C=C(\C=C/c1cccc2c1oc1ccccc12)N(c1ccc(-c2ccccc2)cc1)c1ccc(-c2cccc3c2-c2ccccc2C3(C)C)cc1. The van der Waals surface area contributed by atoms with Crippen LogP contribution in [0.5, 0.6) is 0 Å². The molecule has 0 saturated heterocycles. The van der Waals surface area contributed by atoms with Crippen molar-refractivity contribution in [3.05, 3.63) is 211 Å². The molecule has 8 aromatic rings. The summed E-state index contributed by atoms with van der Waals surface area (Å²) in [7, 11) is 0. The standard InChI is InChI=1S/C51H39NO/c1-4-14-39(34-29-38-17-12-21-44-43-18-9-11-24-48(43)53-50(38)44)52(40-30-25-36(26-31-40)35-15-6-5-7-16-35)41-32-27-37(28-33-41)42-20-13-23-47-49(42)45-19-8-10-22-46(45)51(47,2)3/h4-34H,1H2,2-3H3/b34-29-,39-14+. The van der Waals surface area contributed by atoms with E-state index in [1.54, 1.807) is 0 Å². The number of nitrogens with zero attached hydrogens (tertiary/aromatic N) is 1. The van der Waals surface area contributed by atoms with E-state index in [2.05, 4.69) is 195 Å². The van der Waals surface area contributed by atoms with Crippen molar-refractivity contribution in [1.29, 1.82) is 0 Å². The molecule has 2 nitrogen and oxygen atoms in total. The first kappa shape index (κ1) is 32.3. The van der Waals surface area contributed by atoms with Crippen molar-refractivity contribution in [2.45, 2.75) is 19.3 Å². The molecule has 0 aliphatic heterocycles. The highest BCUT2D eigenvalue weighted by Crippen LogP contribution is 2.52. The highest BCUT2D eigenvalue weighted by atomic mass is 16.3. The molecule has 1 heterocycles. The Labute approximate surface area is 311 Å². The highest BCUT2D eigenvalue weighted by molar-refractivity contribution is 6.07. The van der Waals surface area contributed by atoms with E-state index >= 15 is 0 Å². The summed E-state index contributed by atoms with van der Waals surface area (Å²) in [6, 6.07) is 58.4. The van der Waals surface area contributed by atoms with Gasteiger partial charge in [-0.15, -0.1) is 0 Å². The molecule has 0 unspecified atom stereocenters. The first-order valence-corrected chi connectivity index (χ1v) is 18.2. The molecule has 9 rings (SSSR count). The Balaban J connectivity index is 1.14. The van der Waals surface area contributed by atoms with Gasteiger partial charge < -0.3 is 9.32 Å². The number of hydrogen-bond acceptors (Lipinski definition) is 2. The van der Waals surface area contributed by atoms with E-state index in [9.17, 15) is 0 Å². The molecular formula is C51H39NO. The minimum Gasteiger partial charge on any atom is -0.455 e. The lowest BCUT2D eigenvalue weighted by atomic mass is 9.82. The Bertz CT molecular complexity index is 2690. The Hall–Kier alpha value is -6.64. The summed E-state index contributed by atoms with van der Waals surface area (Å²) in [4.78, 5) is 2.29. The van der Waals surface area contributed by atoms with Crippen molar-refractivity contribution in [3.8, 4) is 33.4 Å². The lowest BCUT2D eigenvalue weighted by molar-refractivity contribution is 0.660. The molecule has 0 bridgehead atoms. The summed E-state index contributed by atoms with van der Waals surface area (Å²) in [5.41, 5.74) is 16.1. The topological polar surface area (TPSA) is 16.4 Å². The van der Waals surface area contributed by atoms with Crippen molar-refractivity contribution in [2.24, 2.45) is 0 Å². The lowest BCUT2D eigenvalue weighted by Gasteiger charge is -2.27. The fourth-order valence-electron chi connectivity index (χ4n) is 8.07. The third kappa shape index (κ3) is 5.60. The van der Waals surface area contributed by atoms with Gasteiger partial charge in [0.1, 0.15) is 11.2 Å². The van der Waals surface area contributed by atoms with Crippen LogP contribution in [-0.2, 0) is 5.41 Å². The van der Waals surface area contributed by atoms with Crippen LogP contribution in [0.1, 0.15) is 30.5 Å². The van der Waals surface area contributed by atoms with Crippen LogP contribution < -0.4 is 4.90 Å². The molecule has 7 aromatic carbocycles. The van der Waals surface area contributed by atoms with Gasteiger partial charge in [-0.1, -0.05) is 160 Å². The number of para-hydroxylation sites is 2. The first-order chi connectivity index (χ1) is 26.0. The molecule has 0 amide bonds. The van der Waals surface area contributed by atoms with Gasteiger partial charge >= 0.3 is 0 Å². The van der Waals surface area contributed by atoms with Crippen molar-refractivity contribution in [1.82, 2.24) is 0 Å². The van der Waals surface area contributed by atoms with E-state index in [1.807, 2.05) is 18.2 Å². The maximum absolute atomic E-state index is 6.38. The van der Waals surface area contributed by atoms with Gasteiger partial charge in [-0.05, 0) is 93.1 Å². The van der Waals surface area contributed by atoms with E-state index in [0.29, 0.717) is 0 Å². The van der Waals surface area contributed by atoms with Gasteiger partial charge in [0.05, 0.1) is 0 Å². The van der Waals surface area contributed by atoms with E-state index in [-0.39, 0.29) is 5.41 Å². The summed E-state index contributed by atoms with van der Waals surface area (Å²) in [6.45, 7) is 8.79. The Kier molecular flexibility index (Phi) is 8.01. The second-order valence-corrected chi connectivity index (χ2v) is 14.2. The second-order valence-electron chi connectivity index (χ2n) is 14.2. The van der Waals surface area contributed by atoms with Crippen LogP contribution in [0.15, 0.2) is 199 Å². The van der Waals surface area contributed by atoms with Crippen LogP contribution in [-0.4, -0.2) is 0 Å². The summed E-state index contributed by atoms with van der Waals surface area (Å²) >= 11 is 0. The molecule has 0 atom stereocenters. The van der Waals surface area contributed by atoms with Gasteiger partial charge in [-0.3, -0.25) is 0 Å². The summed E-state index contributed by atoms with van der Waals surface area (Å²) < 4.78 is 6.38. The average molecular weight is 682 g/mol. The molecule has 1 aromatic heterocycles. The highest BCUT2D eigenvalue weighted by Gasteiger charge is 2.36. The Morgan fingerprint density at radius 1 is 0.566 bits per heavy atom. The molecule has 1 aliphatic rings. The summed E-state index contributed by atoms with van der Waals surface area (Å²) in [5.74, 6) is 0. The van der Waals surface area contributed by atoms with Gasteiger partial charge in [-0.2, -0.15) is 0 Å². The number of hydrogen-bond donors (Lipinski definition) is 0. The smallest absolute Gasteiger partial charge is 0.142 e. The zero-order valence-corrected chi connectivity index (χ0v) is 30.0. The normalized spacial score (nSPS) is 13.4. The van der Waals surface area contributed by atoms with Crippen molar-refractivity contribution in [2.75, 3.05) is 4.90 Å². The minimum absolute atomic E-state index is 0.0476. The van der Waals surface area contributed by atoms with E-state index in [4.69, 9.17) is 4.42 Å². The largest absolute Gasteiger partial charge is 0.455 e. The molecule has 0 radical (unpaired) electrons. The third-order valence-electron chi connectivity index (χ3n) is 10.7. The van der Waals surface area contributed by atoms with E-state index in [1.165, 1.54) is 44.5 Å². The molecule has 0 fully saturated rings. The first-order valence-electron chi connectivity index (χ1n) is 18.2. The van der Waals surface area contributed by atoms with E-state index < -0.39 is 0 Å². The van der Waals surface area contributed by atoms with Gasteiger partial charge in [0.25, 0.3) is 0 Å². The zero-order chi connectivity index (χ0) is 35.9. The molecule has 0 spiro atoms. The Morgan fingerprint density at radius 3 is 1.94 bits per heavy atom. The summed E-state index contributed by atoms with van der Waals surface area (Å²) in [6.07, 6.45) is 8.23. The van der Waals surface area contributed by atoms with Crippen LogP contribution in [0.4, 0.5) is 11.4 Å². The third-order valence-corrected chi connectivity index (χ3v) is 10.7. The number of allylic oxidation sites excluding steroid dienone is 3. The van der Waals surface area contributed by atoms with Gasteiger partial charge in [0.2, 0.25) is 0 Å². The van der Waals surface area contributed by atoms with Crippen LogP contribution >= 0.6 is 0 Å². The predicted molar refractivity (Wildman–Crippen MR) is 224 cm³/mol. The van der Waals surface area contributed by atoms with E-state index in [0.717, 1.165) is 44.6 Å². The quantitative estimate of drug-likeness (QED) is 0.148. The van der Waals surface area contributed by atoms with Gasteiger partial charge in [-0.25, -0.2) is 0 Å². The lowest BCUT2D eigenvalue weighted by Crippen LogP contribution is -2.15. The van der Waals surface area contributed by atoms with Gasteiger partial charge in [0, 0.05) is 38.8 Å². The average Bonchev–Trinajstić information content (AvgIpc) is 3.70. The molecule has 53 heavy (non-hydrogen) atoms. The molecular weight excluding hydrogens is 643 g/mol. The number of fused-ring (bicyclic) bond motifs is 6. The van der Waals surface area contributed by atoms with Crippen LogP contribution in [0.3, 0.4) is 0 Å². The number of benzene rings is 7.